The number of anilines is 1. The Bertz CT molecular complexity index is 435. The summed E-state index contributed by atoms with van der Waals surface area (Å²) in [6.45, 7) is 4.61. The van der Waals surface area contributed by atoms with Crippen molar-refractivity contribution in [2.45, 2.75) is 26.7 Å². The highest BCUT2D eigenvalue weighted by atomic mass is 79.9. The molecule has 0 radical (unpaired) electrons. The van der Waals surface area contributed by atoms with Crippen molar-refractivity contribution in [3.63, 3.8) is 0 Å². The van der Waals surface area contributed by atoms with Crippen LogP contribution in [0.25, 0.3) is 0 Å². The maximum Gasteiger partial charge on any atom is 0.340 e. The topological polar surface area (TPSA) is 52.3 Å². The molecule has 0 heterocycles. The van der Waals surface area contributed by atoms with Gasteiger partial charge in [0.25, 0.3) is 0 Å². The third-order valence-corrected chi connectivity index (χ3v) is 3.71. The molecule has 3 nitrogen and oxygen atoms in total. The number of rotatable bonds is 5. The maximum absolute atomic E-state index is 11.9. The SMILES string of the molecule is CCCC(C)COC(=O)c1cc(Br)cc(Br)c1N. The lowest BCUT2D eigenvalue weighted by molar-refractivity contribution is 0.0445. The number of nitrogens with two attached hydrogens (primary N) is 1. The fourth-order valence-corrected chi connectivity index (χ4v) is 2.85. The fraction of sp³-hybridized carbons (Fsp3) is 0.462. The quantitative estimate of drug-likeness (QED) is 0.610. The molecule has 0 amide bonds. The molecule has 18 heavy (non-hydrogen) atoms. The predicted molar refractivity (Wildman–Crippen MR) is 80.6 cm³/mol. The van der Waals surface area contributed by atoms with Gasteiger partial charge in [0.05, 0.1) is 17.9 Å². The Kier molecular flexibility index (Phi) is 6.15. The molecule has 0 bridgehead atoms. The van der Waals surface area contributed by atoms with Gasteiger partial charge in [-0.15, -0.1) is 0 Å². The van der Waals surface area contributed by atoms with E-state index >= 15 is 0 Å². The molecule has 0 spiro atoms. The van der Waals surface area contributed by atoms with Crippen molar-refractivity contribution in [2.75, 3.05) is 12.3 Å². The van der Waals surface area contributed by atoms with Gasteiger partial charge in [-0.2, -0.15) is 0 Å². The van der Waals surface area contributed by atoms with Gasteiger partial charge in [-0.05, 0) is 40.4 Å². The average molecular weight is 379 g/mol. The van der Waals surface area contributed by atoms with Crippen molar-refractivity contribution in [1.82, 2.24) is 0 Å². The van der Waals surface area contributed by atoms with Crippen LogP contribution in [0.3, 0.4) is 0 Å². The summed E-state index contributed by atoms with van der Waals surface area (Å²) in [5.74, 6) is -0.00628. The van der Waals surface area contributed by atoms with Crippen LogP contribution in [0.15, 0.2) is 21.1 Å². The predicted octanol–water partition coefficient (Wildman–Crippen LogP) is 4.39. The van der Waals surface area contributed by atoms with E-state index in [2.05, 4.69) is 45.7 Å². The number of nitrogen functional groups attached to an aromatic ring is 1. The monoisotopic (exact) mass is 377 g/mol. The zero-order valence-electron chi connectivity index (χ0n) is 10.5. The summed E-state index contributed by atoms with van der Waals surface area (Å²) in [5.41, 5.74) is 6.65. The summed E-state index contributed by atoms with van der Waals surface area (Å²) in [4.78, 5) is 11.9. The van der Waals surface area contributed by atoms with E-state index in [4.69, 9.17) is 10.5 Å². The number of ether oxygens (including phenoxy) is 1. The fourth-order valence-electron chi connectivity index (χ4n) is 1.63. The number of benzene rings is 1. The van der Waals surface area contributed by atoms with Crippen LogP contribution in [0.1, 0.15) is 37.0 Å². The van der Waals surface area contributed by atoms with Crippen molar-refractivity contribution < 1.29 is 9.53 Å². The molecule has 0 aliphatic rings. The minimum atomic E-state index is -0.377. The Labute approximate surface area is 124 Å². The molecule has 1 aromatic carbocycles. The van der Waals surface area contributed by atoms with E-state index < -0.39 is 0 Å². The Morgan fingerprint density at radius 3 is 2.72 bits per heavy atom. The van der Waals surface area contributed by atoms with E-state index in [0.717, 1.165) is 17.3 Å². The second-order valence-electron chi connectivity index (χ2n) is 4.34. The molecular weight excluding hydrogens is 362 g/mol. The molecule has 0 aromatic heterocycles. The van der Waals surface area contributed by atoms with Crippen molar-refractivity contribution in [3.05, 3.63) is 26.6 Å². The van der Waals surface area contributed by atoms with Crippen molar-refractivity contribution in [1.29, 1.82) is 0 Å². The lowest BCUT2D eigenvalue weighted by Gasteiger charge is -2.12. The maximum atomic E-state index is 11.9. The van der Waals surface area contributed by atoms with Crippen LogP contribution in [-0.4, -0.2) is 12.6 Å². The first-order chi connectivity index (χ1) is 8.45. The van der Waals surface area contributed by atoms with E-state index in [1.54, 1.807) is 12.1 Å². The second kappa shape index (κ2) is 7.14. The van der Waals surface area contributed by atoms with E-state index in [0.29, 0.717) is 28.2 Å². The molecule has 1 atom stereocenters. The van der Waals surface area contributed by atoms with Crippen LogP contribution < -0.4 is 5.73 Å². The number of halogens is 2. The molecule has 100 valence electrons. The molecular formula is C13H17Br2NO2. The van der Waals surface area contributed by atoms with Crippen molar-refractivity contribution in [2.24, 2.45) is 5.92 Å². The Balaban J connectivity index is 2.73. The minimum absolute atomic E-state index is 0.371. The van der Waals surface area contributed by atoms with Gasteiger partial charge < -0.3 is 10.5 Å². The van der Waals surface area contributed by atoms with Gasteiger partial charge in [-0.1, -0.05) is 36.2 Å². The molecule has 0 saturated carbocycles. The standard InChI is InChI=1S/C13H17Br2NO2/c1-3-4-8(2)7-18-13(17)10-5-9(14)6-11(15)12(10)16/h5-6,8H,3-4,7,16H2,1-2H3. The van der Waals surface area contributed by atoms with Crippen molar-refractivity contribution in [3.8, 4) is 0 Å². The van der Waals surface area contributed by atoms with E-state index in [1.165, 1.54) is 0 Å². The Morgan fingerprint density at radius 1 is 1.44 bits per heavy atom. The van der Waals surface area contributed by atoms with Crippen LogP contribution >= 0.6 is 31.9 Å². The van der Waals surface area contributed by atoms with Gasteiger partial charge in [0, 0.05) is 8.95 Å². The van der Waals surface area contributed by atoms with Crippen LogP contribution in [0.5, 0.6) is 0 Å². The summed E-state index contributed by atoms with van der Waals surface area (Å²) in [5, 5.41) is 0. The molecule has 1 unspecified atom stereocenters. The van der Waals surface area contributed by atoms with Gasteiger partial charge in [0.15, 0.2) is 0 Å². The first-order valence-electron chi connectivity index (χ1n) is 5.87. The molecule has 1 rings (SSSR count). The molecule has 0 aliphatic carbocycles. The largest absolute Gasteiger partial charge is 0.462 e. The highest BCUT2D eigenvalue weighted by Crippen LogP contribution is 2.28. The van der Waals surface area contributed by atoms with Gasteiger partial charge >= 0.3 is 5.97 Å². The normalized spacial score (nSPS) is 12.2. The second-order valence-corrected chi connectivity index (χ2v) is 6.11. The lowest BCUT2D eigenvalue weighted by Crippen LogP contribution is -2.13. The Hall–Kier alpha value is -0.550. The molecule has 0 aliphatic heterocycles. The number of carbonyl (C=O) groups excluding carboxylic acids is 1. The van der Waals surface area contributed by atoms with Crippen LogP contribution in [-0.2, 0) is 4.74 Å². The summed E-state index contributed by atoms with van der Waals surface area (Å²) in [6, 6.07) is 3.47. The average Bonchev–Trinajstić information content (AvgIpc) is 2.31. The van der Waals surface area contributed by atoms with Gasteiger partial charge in [0.1, 0.15) is 0 Å². The third-order valence-electron chi connectivity index (χ3n) is 2.59. The minimum Gasteiger partial charge on any atom is -0.462 e. The third kappa shape index (κ3) is 4.28. The summed E-state index contributed by atoms with van der Waals surface area (Å²) >= 11 is 6.63. The molecule has 0 fully saturated rings. The summed E-state index contributed by atoms with van der Waals surface area (Å²) in [7, 11) is 0. The zero-order valence-corrected chi connectivity index (χ0v) is 13.7. The first-order valence-corrected chi connectivity index (χ1v) is 7.46. The number of hydrogen-bond acceptors (Lipinski definition) is 3. The first kappa shape index (κ1) is 15.5. The zero-order chi connectivity index (χ0) is 13.7. The lowest BCUT2D eigenvalue weighted by atomic mass is 10.1. The molecule has 5 heteroatoms. The Morgan fingerprint density at radius 2 is 2.11 bits per heavy atom. The summed E-state index contributed by atoms with van der Waals surface area (Å²) < 4.78 is 6.75. The van der Waals surface area contributed by atoms with Crippen LogP contribution in [0, 0.1) is 5.92 Å². The highest BCUT2D eigenvalue weighted by molar-refractivity contribution is 9.11. The van der Waals surface area contributed by atoms with Gasteiger partial charge in [-0.25, -0.2) is 4.79 Å². The van der Waals surface area contributed by atoms with Gasteiger partial charge in [-0.3, -0.25) is 0 Å². The highest BCUT2D eigenvalue weighted by Gasteiger charge is 2.15. The molecule has 1 aromatic rings. The molecule has 0 saturated heterocycles. The van der Waals surface area contributed by atoms with Gasteiger partial charge in [0.2, 0.25) is 0 Å². The van der Waals surface area contributed by atoms with Crippen molar-refractivity contribution >= 4 is 43.5 Å². The number of hydrogen-bond donors (Lipinski definition) is 1. The smallest absolute Gasteiger partial charge is 0.340 e. The van der Waals surface area contributed by atoms with Crippen LogP contribution in [0.4, 0.5) is 5.69 Å². The van der Waals surface area contributed by atoms with E-state index in [1.807, 2.05) is 0 Å². The number of esters is 1. The van der Waals surface area contributed by atoms with E-state index in [9.17, 15) is 4.79 Å². The molecule has 2 N–H and O–H groups in total. The van der Waals surface area contributed by atoms with E-state index in [-0.39, 0.29) is 5.97 Å². The van der Waals surface area contributed by atoms with Crippen LogP contribution in [0.2, 0.25) is 0 Å². The summed E-state index contributed by atoms with van der Waals surface area (Å²) in [6.07, 6.45) is 2.13. The number of carbonyl (C=O) groups is 1.